The van der Waals surface area contributed by atoms with Crippen molar-refractivity contribution in [1.82, 2.24) is 19.9 Å². The lowest BCUT2D eigenvalue weighted by atomic mass is 10.0. The minimum Gasteiger partial charge on any atom is -0.447 e. The summed E-state index contributed by atoms with van der Waals surface area (Å²) in [5, 5.41) is 3.20. The van der Waals surface area contributed by atoms with Crippen LogP contribution in [0.2, 0.25) is 0 Å². The van der Waals surface area contributed by atoms with Crippen molar-refractivity contribution in [3.63, 3.8) is 0 Å². The van der Waals surface area contributed by atoms with Gasteiger partial charge >= 0.3 is 6.09 Å². The van der Waals surface area contributed by atoms with Gasteiger partial charge in [-0.3, -0.25) is 14.9 Å². The number of aromatic nitrogens is 4. The van der Waals surface area contributed by atoms with E-state index in [0.29, 0.717) is 35.3 Å². The Morgan fingerprint density at radius 3 is 2.66 bits per heavy atom. The van der Waals surface area contributed by atoms with Crippen LogP contribution >= 0.6 is 0 Å². The standard InChI is InChI=1S/C23H25FN6O2/c1-13(2)20-12-32-23(31)30(20)21-7-8-25-22(29-21)28-15(4)18-10-27-19(11-26-18)16-5-6-17(24)14(3)9-16/h5-11,13,15,20H,12H2,1-4H3,(H,25,28,29)/t15-,20+/m0/s1. The summed E-state index contributed by atoms with van der Waals surface area (Å²) in [6, 6.07) is 6.24. The Labute approximate surface area is 185 Å². The summed E-state index contributed by atoms with van der Waals surface area (Å²) in [7, 11) is 0. The monoisotopic (exact) mass is 436 g/mol. The van der Waals surface area contributed by atoms with E-state index in [-0.39, 0.29) is 23.8 Å². The predicted molar refractivity (Wildman–Crippen MR) is 119 cm³/mol. The lowest BCUT2D eigenvalue weighted by molar-refractivity contribution is 0.177. The quantitative estimate of drug-likeness (QED) is 0.606. The summed E-state index contributed by atoms with van der Waals surface area (Å²) in [5.41, 5.74) is 2.72. The second-order valence-electron chi connectivity index (χ2n) is 8.15. The van der Waals surface area contributed by atoms with Crippen molar-refractivity contribution in [2.75, 3.05) is 16.8 Å². The van der Waals surface area contributed by atoms with Crippen LogP contribution in [0.1, 0.15) is 38.1 Å². The molecule has 1 saturated heterocycles. The Hall–Kier alpha value is -3.62. The molecule has 1 N–H and O–H groups in total. The molecule has 0 radical (unpaired) electrons. The number of aryl methyl sites for hydroxylation is 1. The van der Waals surface area contributed by atoms with Gasteiger partial charge in [-0.2, -0.15) is 4.98 Å². The fourth-order valence-corrected chi connectivity index (χ4v) is 3.53. The van der Waals surface area contributed by atoms with E-state index in [1.807, 2.05) is 20.8 Å². The number of nitrogens with one attached hydrogen (secondary N) is 1. The number of carbonyl (C=O) groups is 1. The molecule has 1 aromatic carbocycles. The first-order chi connectivity index (χ1) is 15.3. The molecular formula is C23H25FN6O2. The van der Waals surface area contributed by atoms with Crippen LogP contribution in [0, 0.1) is 18.7 Å². The van der Waals surface area contributed by atoms with E-state index in [9.17, 15) is 9.18 Å². The first-order valence-electron chi connectivity index (χ1n) is 10.5. The molecule has 3 heterocycles. The summed E-state index contributed by atoms with van der Waals surface area (Å²) in [4.78, 5) is 31.5. The van der Waals surface area contributed by atoms with Crippen molar-refractivity contribution >= 4 is 17.9 Å². The molecule has 0 aliphatic carbocycles. The van der Waals surface area contributed by atoms with Crippen LogP contribution in [0.3, 0.4) is 0 Å². The number of carbonyl (C=O) groups excluding carboxylic acids is 1. The van der Waals surface area contributed by atoms with Gasteiger partial charge in [-0.15, -0.1) is 0 Å². The van der Waals surface area contributed by atoms with E-state index < -0.39 is 6.09 Å². The maximum absolute atomic E-state index is 13.5. The normalized spacial score (nSPS) is 16.9. The predicted octanol–water partition coefficient (Wildman–Crippen LogP) is 4.54. The number of amides is 1. The highest BCUT2D eigenvalue weighted by Gasteiger charge is 2.37. The van der Waals surface area contributed by atoms with E-state index in [1.54, 1.807) is 48.6 Å². The number of cyclic esters (lactones) is 1. The minimum atomic E-state index is -0.404. The van der Waals surface area contributed by atoms with Gasteiger partial charge < -0.3 is 10.1 Å². The van der Waals surface area contributed by atoms with Crippen LogP contribution in [-0.4, -0.2) is 38.7 Å². The average molecular weight is 436 g/mol. The number of halogens is 1. The van der Waals surface area contributed by atoms with Gasteiger partial charge in [0.15, 0.2) is 0 Å². The molecule has 9 heteroatoms. The minimum absolute atomic E-state index is 0.0730. The van der Waals surface area contributed by atoms with Gasteiger partial charge in [0.05, 0.1) is 35.9 Å². The first kappa shape index (κ1) is 21.6. The summed E-state index contributed by atoms with van der Waals surface area (Å²) >= 11 is 0. The van der Waals surface area contributed by atoms with Crippen LogP contribution in [0.25, 0.3) is 11.3 Å². The molecule has 1 amide bonds. The van der Waals surface area contributed by atoms with Crippen molar-refractivity contribution in [1.29, 1.82) is 0 Å². The number of benzene rings is 1. The van der Waals surface area contributed by atoms with Crippen LogP contribution in [0.5, 0.6) is 0 Å². The lowest BCUT2D eigenvalue weighted by Crippen LogP contribution is -2.37. The van der Waals surface area contributed by atoms with Crippen LogP contribution in [0.4, 0.5) is 21.0 Å². The summed E-state index contributed by atoms with van der Waals surface area (Å²) in [6.07, 6.45) is 4.53. The van der Waals surface area contributed by atoms with Crippen LogP contribution < -0.4 is 10.2 Å². The Kier molecular flexibility index (Phi) is 5.98. The van der Waals surface area contributed by atoms with Crippen molar-refractivity contribution < 1.29 is 13.9 Å². The molecule has 0 spiro atoms. The Balaban J connectivity index is 1.49. The van der Waals surface area contributed by atoms with Crippen molar-refractivity contribution in [3.8, 4) is 11.3 Å². The molecule has 32 heavy (non-hydrogen) atoms. The molecule has 2 aromatic heterocycles. The van der Waals surface area contributed by atoms with Gasteiger partial charge in [-0.25, -0.2) is 14.2 Å². The smallest absolute Gasteiger partial charge is 0.415 e. The van der Waals surface area contributed by atoms with E-state index in [1.165, 1.54) is 6.07 Å². The fraction of sp³-hybridized carbons (Fsp3) is 0.348. The first-order valence-corrected chi connectivity index (χ1v) is 10.5. The highest BCUT2D eigenvalue weighted by molar-refractivity contribution is 5.89. The van der Waals surface area contributed by atoms with Crippen molar-refractivity contribution in [2.45, 2.75) is 39.8 Å². The van der Waals surface area contributed by atoms with E-state index in [2.05, 4.69) is 25.3 Å². The second kappa shape index (κ2) is 8.86. The molecule has 0 unspecified atom stereocenters. The molecule has 166 valence electrons. The average Bonchev–Trinajstić information content (AvgIpc) is 3.18. The lowest BCUT2D eigenvalue weighted by Gasteiger charge is -2.23. The van der Waals surface area contributed by atoms with Crippen molar-refractivity contribution in [3.05, 3.63) is 59.9 Å². The topological polar surface area (TPSA) is 93.1 Å². The molecule has 1 fully saturated rings. The van der Waals surface area contributed by atoms with Crippen molar-refractivity contribution in [2.24, 2.45) is 5.92 Å². The molecular weight excluding hydrogens is 411 g/mol. The van der Waals surface area contributed by atoms with Gasteiger partial charge in [0.25, 0.3) is 0 Å². The number of hydrogen-bond donors (Lipinski definition) is 1. The van der Waals surface area contributed by atoms with Gasteiger partial charge in [0.2, 0.25) is 5.95 Å². The summed E-state index contributed by atoms with van der Waals surface area (Å²) in [5.74, 6) is 0.840. The van der Waals surface area contributed by atoms with Gasteiger partial charge in [0.1, 0.15) is 18.2 Å². The van der Waals surface area contributed by atoms with E-state index in [0.717, 1.165) is 5.56 Å². The van der Waals surface area contributed by atoms with E-state index >= 15 is 0 Å². The molecule has 2 atom stereocenters. The maximum Gasteiger partial charge on any atom is 0.415 e. The SMILES string of the molecule is Cc1cc(-c2cnc([C@H](C)Nc3nccc(N4C(=O)OC[C@@H]4C(C)C)n3)cn2)ccc1F. The summed E-state index contributed by atoms with van der Waals surface area (Å²) < 4.78 is 18.7. The maximum atomic E-state index is 13.5. The van der Waals surface area contributed by atoms with Crippen LogP contribution in [0.15, 0.2) is 42.9 Å². The highest BCUT2D eigenvalue weighted by Crippen LogP contribution is 2.27. The third-order valence-electron chi connectivity index (χ3n) is 5.48. The Morgan fingerprint density at radius 2 is 1.97 bits per heavy atom. The zero-order valence-corrected chi connectivity index (χ0v) is 18.4. The number of ether oxygens (including phenoxy) is 1. The molecule has 0 saturated carbocycles. The third kappa shape index (κ3) is 4.37. The Bertz CT molecular complexity index is 1120. The van der Waals surface area contributed by atoms with Gasteiger partial charge in [0, 0.05) is 11.8 Å². The molecule has 4 rings (SSSR count). The number of hydrogen-bond acceptors (Lipinski definition) is 7. The molecule has 3 aromatic rings. The van der Waals surface area contributed by atoms with Crippen LogP contribution in [-0.2, 0) is 4.74 Å². The molecule has 1 aliphatic rings. The number of anilines is 2. The van der Waals surface area contributed by atoms with Gasteiger partial charge in [-0.1, -0.05) is 13.8 Å². The zero-order valence-electron chi connectivity index (χ0n) is 18.4. The largest absolute Gasteiger partial charge is 0.447 e. The van der Waals surface area contributed by atoms with Gasteiger partial charge in [-0.05, 0) is 49.6 Å². The fourth-order valence-electron chi connectivity index (χ4n) is 3.53. The number of nitrogens with zero attached hydrogens (tertiary/aromatic N) is 5. The third-order valence-corrected chi connectivity index (χ3v) is 5.48. The number of rotatable bonds is 6. The molecule has 1 aliphatic heterocycles. The zero-order chi connectivity index (χ0) is 22.8. The van der Waals surface area contributed by atoms with E-state index in [4.69, 9.17) is 4.74 Å². The summed E-state index contributed by atoms with van der Waals surface area (Å²) in [6.45, 7) is 8.05. The Morgan fingerprint density at radius 1 is 1.16 bits per heavy atom. The highest BCUT2D eigenvalue weighted by atomic mass is 19.1. The molecule has 0 bridgehead atoms. The second-order valence-corrected chi connectivity index (χ2v) is 8.15. The molecule has 8 nitrogen and oxygen atoms in total.